The molecule has 0 saturated carbocycles. The van der Waals surface area contributed by atoms with E-state index >= 15 is 0 Å². The Balaban J connectivity index is 0.00000256. The monoisotopic (exact) mass is 263 g/mol. The van der Waals surface area contributed by atoms with Crippen LogP contribution < -0.4 is 5.73 Å². The van der Waals surface area contributed by atoms with Gasteiger partial charge in [-0.05, 0) is 12.3 Å². The molecule has 1 rings (SSSR count). The molecule has 100 valence electrons. The fourth-order valence-electron chi connectivity index (χ4n) is 1.84. The van der Waals surface area contributed by atoms with Gasteiger partial charge in [-0.3, -0.25) is 19.6 Å². The van der Waals surface area contributed by atoms with Crippen molar-refractivity contribution in [2.24, 2.45) is 11.7 Å². The van der Waals surface area contributed by atoms with Crippen LogP contribution in [-0.2, 0) is 9.59 Å². The maximum absolute atomic E-state index is 12.1. The number of rotatable bonds is 3. The average Bonchev–Trinajstić information content (AvgIpc) is 2.74. The second-order valence-electron chi connectivity index (χ2n) is 4.37. The Morgan fingerprint density at radius 1 is 1.29 bits per heavy atom. The van der Waals surface area contributed by atoms with Crippen LogP contribution in [0.25, 0.3) is 0 Å². The van der Waals surface area contributed by atoms with Gasteiger partial charge in [-0.2, -0.15) is 0 Å². The number of amides is 2. The predicted octanol–water partition coefficient (Wildman–Crippen LogP) is 0.777. The summed E-state index contributed by atoms with van der Waals surface area (Å²) < 4.78 is 0. The lowest BCUT2D eigenvalue weighted by Gasteiger charge is -2.30. The molecule has 0 aromatic heterocycles. The average molecular weight is 264 g/mol. The summed E-state index contributed by atoms with van der Waals surface area (Å²) in [5.41, 5.74) is 5.88. The quantitative estimate of drug-likeness (QED) is 0.818. The number of hydrogen-bond acceptors (Lipinski definition) is 3. The minimum atomic E-state index is -0.509. The molecule has 17 heavy (non-hydrogen) atoms. The summed E-state index contributed by atoms with van der Waals surface area (Å²) in [7, 11) is 0. The van der Waals surface area contributed by atoms with Crippen molar-refractivity contribution in [2.45, 2.75) is 39.7 Å². The van der Waals surface area contributed by atoms with E-state index in [-0.39, 0.29) is 30.1 Å². The zero-order chi connectivity index (χ0) is 12.3. The summed E-state index contributed by atoms with van der Waals surface area (Å²) >= 11 is 0. The third-order valence-electron chi connectivity index (χ3n) is 3.19. The van der Waals surface area contributed by atoms with Gasteiger partial charge in [0.05, 0.1) is 6.04 Å². The standard InChI is InChI=1S/C11H21N3O2.ClH/c1-4-8(2)10(12)11(16)14-7-5-6-13(14)9(3)15;/h8,10H,4-7,12H2,1-3H3;1H/t8?,10-;/m0./s1. The van der Waals surface area contributed by atoms with Crippen LogP contribution in [0, 0.1) is 5.92 Å². The van der Waals surface area contributed by atoms with Crippen molar-refractivity contribution in [1.29, 1.82) is 0 Å². The molecule has 2 atom stereocenters. The molecule has 6 heteroatoms. The third-order valence-corrected chi connectivity index (χ3v) is 3.19. The van der Waals surface area contributed by atoms with Gasteiger partial charge in [0.15, 0.2) is 0 Å². The van der Waals surface area contributed by atoms with E-state index < -0.39 is 6.04 Å². The molecule has 1 fully saturated rings. The maximum atomic E-state index is 12.1. The van der Waals surface area contributed by atoms with Crippen molar-refractivity contribution < 1.29 is 9.59 Å². The van der Waals surface area contributed by atoms with Crippen molar-refractivity contribution in [3.05, 3.63) is 0 Å². The lowest BCUT2D eigenvalue weighted by molar-refractivity contribution is -0.158. The minimum absolute atomic E-state index is 0. The number of hydrogen-bond donors (Lipinski definition) is 1. The smallest absolute Gasteiger partial charge is 0.258 e. The summed E-state index contributed by atoms with van der Waals surface area (Å²) in [6.07, 6.45) is 1.69. The lowest BCUT2D eigenvalue weighted by Crippen LogP contribution is -2.52. The Labute approximate surface area is 109 Å². The van der Waals surface area contributed by atoms with Crippen molar-refractivity contribution in [1.82, 2.24) is 10.0 Å². The van der Waals surface area contributed by atoms with Gasteiger partial charge in [0.2, 0.25) is 5.91 Å². The number of carbonyl (C=O) groups excluding carboxylic acids is 2. The van der Waals surface area contributed by atoms with E-state index in [1.165, 1.54) is 16.9 Å². The van der Waals surface area contributed by atoms with E-state index in [1.54, 1.807) is 0 Å². The van der Waals surface area contributed by atoms with Gasteiger partial charge in [0.25, 0.3) is 5.91 Å². The molecule has 0 spiro atoms. The zero-order valence-electron chi connectivity index (χ0n) is 10.7. The normalized spacial score (nSPS) is 18.6. The van der Waals surface area contributed by atoms with Gasteiger partial charge in [0.1, 0.15) is 0 Å². The predicted molar refractivity (Wildman–Crippen MR) is 68.4 cm³/mol. The van der Waals surface area contributed by atoms with E-state index in [1.807, 2.05) is 13.8 Å². The van der Waals surface area contributed by atoms with E-state index in [0.29, 0.717) is 13.1 Å². The molecular formula is C11H22ClN3O2. The highest BCUT2D eigenvalue weighted by Gasteiger charge is 2.33. The SMILES string of the molecule is CCC(C)[C@H](N)C(=O)N1CCCN1C(C)=O.Cl. The topological polar surface area (TPSA) is 66.6 Å². The van der Waals surface area contributed by atoms with Crippen LogP contribution >= 0.6 is 12.4 Å². The van der Waals surface area contributed by atoms with Gasteiger partial charge in [0, 0.05) is 20.0 Å². The zero-order valence-corrected chi connectivity index (χ0v) is 11.5. The maximum Gasteiger partial charge on any atom is 0.258 e. The van der Waals surface area contributed by atoms with E-state index in [0.717, 1.165) is 12.8 Å². The Morgan fingerprint density at radius 2 is 1.82 bits per heavy atom. The number of nitrogens with two attached hydrogens (primary N) is 1. The van der Waals surface area contributed by atoms with E-state index in [4.69, 9.17) is 5.73 Å². The van der Waals surface area contributed by atoms with E-state index in [2.05, 4.69) is 0 Å². The highest BCUT2D eigenvalue weighted by atomic mass is 35.5. The lowest BCUT2D eigenvalue weighted by atomic mass is 9.99. The molecule has 0 aliphatic carbocycles. The Hall–Kier alpha value is -0.810. The highest BCUT2D eigenvalue weighted by molar-refractivity contribution is 5.85. The van der Waals surface area contributed by atoms with E-state index in [9.17, 15) is 9.59 Å². The van der Waals surface area contributed by atoms with Crippen LogP contribution in [0.2, 0.25) is 0 Å². The van der Waals surface area contributed by atoms with Crippen LogP contribution in [0.15, 0.2) is 0 Å². The third kappa shape index (κ3) is 3.57. The van der Waals surface area contributed by atoms with Crippen molar-refractivity contribution in [3.8, 4) is 0 Å². The Morgan fingerprint density at radius 3 is 2.29 bits per heavy atom. The van der Waals surface area contributed by atoms with Crippen molar-refractivity contribution >= 4 is 24.2 Å². The largest absolute Gasteiger partial charge is 0.320 e. The molecule has 0 bridgehead atoms. The molecule has 0 aromatic rings. The summed E-state index contributed by atoms with van der Waals surface area (Å²) in [6.45, 7) is 6.65. The number of nitrogens with zero attached hydrogens (tertiary/aromatic N) is 2. The molecule has 1 saturated heterocycles. The first-order valence-electron chi connectivity index (χ1n) is 5.84. The molecule has 1 heterocycles. The first-order valence-corrected chi connectivity index (χ1v) is 5.84. The first kappa shape index (κ1) is 16.2. The van der Waals surface area contributed by atoms with Gasteiger partial charge in [-0.25, -0.2) is 0 Å². The Bertz CT molecular complexity index is 286. The van der Waals surface area contributed by atoms with Gasteiger partial charge in [-0.15, -0.1) is 12.4 Å². The van der Waals surface area contributed by atoms with Crippen LogP contribution in [0.3, 0.4) is 0 Å². The van der Waals surface area contributed by atoms with Crippen molar-refractivity contribution in [3.63, 3.8) is 0 Å². The van der Waals surface area contributed by atoms with Gasteiger partial charge in [-0.1, -0.05) is 20.3 Å². The molecule has 1 aliphatic heterocycles. The van der Waals surface area contributed by atoms with Crippen LogP contribution in [0.4, 0.5) is 0 Å². The summed E-state index contributed by atoms with van der Waals surface area (Å²) in [5.74, 6) is -0.0915. The van der Waals surface area contributed by atoms with Gasteiger partial charge >= 0.3 is 0 Å². The molecule has 1 aliphatic rings. The number of halogens is 1. The molecule has 5 nitrogen and oxygen atoms in total. The molecule has 2 N–H and O–H groups in total. The molecular weight excluding hydrogens is 242 g/mol. The van der Waals surface area contributed by atoms with Crippen LogP contribution in [0.1, 0.15) is 33.6 Å². The van der Waals surface area contributed by atoms with Crippen molar-refractivity contribution in [2.75, 3.05) is 13.1 Å². The second kappa shape index (κ2) is 6.81. The minimum Gasteiger partial charge on any atom is -0.320 e. The number of hydrazine groups is 1. The second-order valence-corrected chi connectivity index (χ2v) is 4.37. The fraction of sp³-hybridized carbons (Fsp3) is 0.818. The molecule has 1 unspecified atom stereocenters. The summed E-state index contributed by atoms with van der Waals surface area (Å²) in [6, 6.07) is -0.509. The van der Waals surface area contributed by atoms with Crippen LogP contribution in [0.5, 0.6) is 0 Å². The highest BCUT2D eigenvalue weighted by Crippen LogP contribution is 2.15. The summed E-state index contributed by atoms with van der Waals surface area (Å²) in [5, 5.41) is 2.99. The van der Waals surface area contributed by atoms with Crippen LogP contribution in [-0.4, -0.2) is 41.0 Å². The number of carbonyl (C=O) groups is 2. The first-order chi connectivity index (χ1) is 7.49. The molecule has 0 radical (unpaired) electrons. The molecule has 0 aromatic carbocycles. The molecule has 2 amide bonds. The Kier molecular flexibility index (Phi) is 6.49. The van der Waals surface area contributed by atoms with Gasteiger partial charge < -0.3 is 5.73 Å². The summed E-state index contributed by atoms with van der Waals surface area (Å²) in [4.78, 5) is 23.4. The fourth-order valence-corrected chi connectivity index (χ4v) is 1.84.